The maximum absolute atomic E-state index is 11.1. The molecular formula is C13H17N3O4. The highest BCUT2D eigenvalue weighted by Crippen LogP contribution is 2.22. The molecule has 1 aliphatic rings. The third kappa shape index (κ3) is 3.31. The number of hydrogen-bond donors (Lipinski definition) is 1. The zero-order valence-electron chi connectivity index (χ0n) is 11.3. The molecule has 0 amide bonds. The predicted molar refractivity (Wildman–Crippen MR) is 72.8 cm³/mol. The van der Waals surface area contributed by atoms with E-state index in [1.165, 1.54) is 6.07 Å². The van der Waals surface area contributed by atoms with Crippen molar-refractivity contribution in [3.63, 3.8) is 0 Å². The lowest BCUT2D eigenvalue weighted by molar-refractivity contribution is -0.385. The summed E-state index contributed by atoms with van der Waals surface area (Å²) in [6.07, 6.45) is 0. The van der Waals surface area contributed by atoms with Gasteiger partial charge in [0, 0.05) is 44.4 Å². The molecule has 0 unspecified atom stereocenters. The van der Waals surface area contributed by atoms with Crippen LogP contribution in [0.1, 0.15) is 15.9 Å². The van der Waals surface area contributed by atoms with Crippen LogP contribution in [-0.4, -0.2) is 59.0 Å². The Balaban J connectivity index is 2.18. The number of carbonyl (C=O) groups is 1. The van der Waals surface area contributed by atoms with Gasteiger partial charge in [0.1, 0.15) is 0 Å². The monoisotopic (exact) mass is 279 g/mol. The fourth-order valence-electron chi connectivity index (χ4n) is 2.25. The fourth-order valence-corrected chi connectivity index (χ4v) is 2.25. The van der Waals surface area contributed by atoms with Crippen molar-refractivity contribution < 1.29 is 14.8 Å². The van der Waals surface area contributed by atoms with E-state index in [1.807, 2.05) is 7.05 Å². The van der Waals surface area contributed by atoms with Crippen molar-refractivity contribution in [2.75, 3.05) is 33.2 Å². The summed E-state index contributed by atoms with van der Waals surface area (Å²) in [5, 5.41) is 20.0. The van der Waals surface area contributed by atoms with E-state index in [-0.39, 0.29) is 11.3 Å². The molecule has 1 saturated heterocycles. The van der Waals surface area contributed by atoms with Gasteiger partial charge >= 0.3 is 5.97 Å². The summed E-state index contributed by atoms with van der Waals surface area (Å²) in [5.41, 5.74) is 0.382. The number of nitrogens with zero attached hydrogens (tertiary/aromatic N) is 3. The van der Waals surface area contributed by atoms with E-state index in [0.717, 1.165) is 32.2 Å². The molecule has 108 valence electrons. The summed E-state index contributed by atoms with van der Waals surface area (Å²) in [6.45, 7) is 4.05. The number of nitro benzene ring substituents is 1. The molecule has 1 aromatic carbocycles. The number of piperazine rings is 1. The van der Waals surface area contributed by atoms with Crippen molar-refractivity contribution in [1.82, 2.24) is 9.80 Å². The van der Waals surface area contributed by atoms with Crippen LogP contribution in [0.5, 0.6) is 0 Å². The molecule has 1 N–H and O–H groups in total. The number of carboxylic acid groups (broad SMARTS) is 1. The van der Waals surface area contributed by atoms with E-state index in [0.29, 0.717) is 12.1 Å². The number of carboxylic acids is 1. The highest BCUT2D eigenvalue weighted by molar-refractivity contribution is 5.88. The normalized spacial score (nSPS) is 17.1. The van der Waals surface area contributed by atoms with Gasteiger partial charge in [-0.15, -0.1) is 0 Å². The first kappa shape index (κ1) is 14.4. The smallest absolute Gasteiger partial charge is 0.335 e. The molecule has 0 aromatic heterocycles. The second-order valence-corrected chi connectivity index (χ2v) is 4.99. The SMILES string of the molecule is CN1CCN(Cc2ccc(C(=O)O)cc2[N+](=O)[O-])CC1. The van der Waals surface area contributed by atoms with E-state index in [4.69, 9.17) is 5.11 Å². The number of rotatable bonds is 4. The van der Waals surface area contributed by atoms with Crippen molar-refractivity contribution in [3.8, 4) is 0 Å². The minimum Gasteiger partial charge on any atom is -0.478 e. The van der Waals surface area contributed by atoms with Crippen molar-refractivity contribution in [2.24, 2.45) is 0 Å². The fraction of sp³-hybridized carbons (Fsp3) is 0.462. The highest BCUT2D eigenvalue weighted by Gasteiger charge is 2.21. The van der Waals surface area contributed by atoms with E-state index in [1.54, 1.807) is 6.07 Å². The van der Waals surface area contributed by atoms with Gasteiger partial charge < -0.3 is 10.0 Å². The Morgan fingerprint density at radius 3 is 2.55 bits per heavy atom. The lowest BCUT2D eigenvalue weighted by Gasteiger charge is -2.32. The van der Waals surface area contributed by atoms with Crippen molar-refractivity contribution in [3.05, 3.63) is 39.4 Å². The van der Waals surface area contributed by atoms with Crippen LogP contribution in [0.15, 0.2) is 18.2 Å². The van der Waals surface area contributed by atoms with Gasteiger partial charge in [-0.05, 0) is 13.1 Å². The van der Waals surface area contributed by atoms with Crippen LogP contribution in [0.3, 0.4) is 0 Å². The number of benzene rings is 1. The maximum atomic E-state index is 11.1. The van der Waals surface area contributed by atoms with Crippen LogP contribution < -0.4 is 0 Å². The predicted octanol–water partition coefficient (Wildman–Crippen LogP) is 1.04. The molecule has 1 heterocycles. The van der Waals surface area contributed by atoms with Crippen LogP contribution in [-0.2, 0) is 6.54 Å². The molecule has 0 spiro atoms. The van der Waals surface area contributed by atoms with E-state index in [2.05, 4.69) is 9.80 Å². The quantitative estimate of drug-likeness (QED) is 0.654. The zero-order chi connectivity index (χ0) is 14.7. The Morgan fingerprint density at radius 1 is 1.35 bits per heavy atom. The van der Waals surface area contributed by atoms with Gasteiger partial charge in [-0.2, -0.15) is 0 Å². The summed E-state index contributed by atoms with van der Waals surface area (Å²) in [7, 11) is 2.04. The third-order valence-electron chi connectivity index (χ3n) is 3.52. The van der Waals surface area contributed by atoms with Crippen LogP contribution in [0.25, 0.3) is 0 Å². The number of nitro groups is 1. The Hall–Kier alpha value is -1.99. The van der Waals surface area contributed by atoms with Crippen LogP contribution in [0.4, 0.5) is 5.69 Å². The molecule has 7 nitrogen and oxygen atoms in total. The zero-order valence-corrected chi connectivity index (χ0v) is 11.3. The Labute approximate surface area is 116 Å². The average Bonchev–Trinajstić information content (AvgIpc) is 2.41. The molecule has 7 heteroatoms. The van der Waals surface area contributed by atoms with E-state index in [9.17, 15) is 14.9 Å². The molecule has 2 rings (SSSR count). The Morgan fingerprint density at radius 2 is 2.00 bits per heavy atom. The first-order chi connectivity index (χ1) is 9.47. The summed E-state index contributed by atoms with van der Waals surface area (Å²) in [4.78, 5) is 25.8. The lowest BCUT2D eigenvalue weighted by atomic mass is 10.1. The van der Waals surface area contributed by atoms with Gasteiger partial charge in [-0.1, -0.05) is 6.07 Å². The molecule has 0 saturated carbocycles. The molecule has 1 fully saturated rings. The van der Waals surface area contributed by atoms with Gasteiger partial charge in [-0.3, -0.25) is 15.0 Å². The van der Waals surface area contributed by atoms with Crippen LogP contribution in [0, 0.1) is 10.1 Å². The summed E-state index contributed by atoms with van der Waals surface area (Å²) < 4.78 is 0. The van der Waals surface area contributed by atoms with Crippen LogP contribution >= 0.6 is 0 Å². The molecule has 0 atom stereocenters. The van der Waals surface area contributed by atoms with Gasteiger partial charge in [0.2, 0.25) is 0 Å². The minimum absolute atomic E-state index is 0.0566. The third-order valence-corrected chi connectivity index (χ3v) is 3.52. The molecule has 1 aliphatic heterocycles. The van der Waals surface area contributed by atoms with Crippen molar-refractivity contribution in [1.29, 1.82) is 0 Å². The van der Waals surface area contributed by atoms with Gasteiger partial charge in [-0.25, -0.2) is 4.79 Å². The topological polar surface area (TPSA) is 86.9 Å². The molecule has 1 aromatic rings. The molecule has 0 bridgehead atoms. The molecule has 0 radical (unpaired) electrons. The standard InChI is InChI=1S/C13H17N3O4/c1-14-4-6-15(7-5-14)9-11-3-2-10(13(17)18)8-12(11)16(19)20/h2-3,8H,4-7,9H2,1H3,(H,17,18). The Kier molecular flexibility index (Phi) is 4.31. The van der Waals surface area contributed by atoms with E-state index >= 15 is 0 Å². The van der Waals surface area contributed by atoms with E-state index < -0.39 is 10.9 Å². The molecule has 0 aliphatic carbocycles. The second-order valence-electron chi connectivity index (χ2n) is 4.99. The lowest BCUT2D eigenvalue weighted by Crippen LogP contribution is -2.43. The molecule has 20 heavy (non-hydrogen) atoms. The summed E-state index contributed by atoms with van der Waals surface area (Å²) in [6, 6.07) is 4.09. The van der Waals surface area contributed by atoms with Gasteiger partial charge in [0.25, 0.3) is 5.69 Å². The minimum atomic E-state index is -1.15. The Bertz CT molecular complexity index is 524. The summed E-state index contributed by atoms with van der Waals surface area (Å²) >= 11 is 0. The molecular weight excluding hydrogens is 262 g/mol. The van der Waals surface area contributed by atoms with Gasteiger partial charge in [0.05, 0.1) is 10.5 Å². The maximum Gasteiger partial charge on any atom is 0.335 e. The van der Waals surface area contributed by atoms with Gasteiger partial charge in [0.15, 0.2) is 0 Å². The first-order valence-corrected chi connectivity index (χ1v) is 6.39. The highest BCUT2D eigenvalue weighted by atomic mass is 16.6. The number of aromatic carboxylic acids is 1. The van der Waals surface area contributed by atoms with Crippen LogP contribution in [0.2, 0.25) is 0 Å². The second kappa shape index (κ2) is 5.98. The number of hydrogen-bond acceptors (Lipinski definition) is 5. The van der Waals surface area contributed by atoms with Crippen molar-refractivity contribution in [2.45, 2.75) is 6.54 Å². The largest absolute Gasteiger partial charge is 0.478 e. The average molecular weight is 279 g/mol. The summed E-state index contributed by atoms with van der Waals surface area (Å²) in [5.74, 6) is -1.15. The first-order valence-electron chi connectivity index (χ1n) is 6.39. The number of likely N-dealkylation sites (N-methyl/N-ethyl adjacent to an activating group) is 1. The van der Waals surface area contributed by atoms with Crippen molar-refractivity contribution >= 4 is 11.7 Å².